The number of nitrogens with one attached hydrogen (secondary N) is 1. The van der Waals surface area contributed by atoms with Crippen molar-refractivity contribution in [2.75, 3.05) is 13.1 Å². The van der Waals surface area contributed by atoms with Gasteiger partial charge in [0.1, 0.15) is 5.69 Å². The number of rotatable bonds is 1. The summed E-state index contributed by atoms with van der Waals surface area (Å²) < 4.78 is 0. The number of hydrogen-bond donors (Lipinski definition) is 1. The number of hydrogen-bond acceptors (Lipinski definition) is 3. The van der Waals surface area contributed by atoms with E-state index in [4.69, 9.17) is 0 Å². The monoisotopic (exact) mass is 355 g/mol. The Morgan fingerprint density at radius 1 is 1.17 bits per heavy atom. The standard InChI is InChI=1S/C17H21N3O.2ClH/c1-11-8-16(19-15-7-5-4-6-14(11)15)17(21)20-9-12(2)18-13(3)10-20;;/h4-8,12-13,18H,9-10H2,1-3H3;2*1H. The second-order valence-electron chi connectivity index (χ2n) is 6.02. The maximum absolute atomic E-state index is 12.7. The number of aromatic nitrogens is 1. The second kappa shape index (κ2) is 7.95. The first-order valence-corrected chi connectivity index (χ1v) is 7.46. The van der Waals surface area contributed by atoms with Crippen LogP contribution in [-0.4, -0.2) is 41.0 Å². The van der Waals surface area contributed by atoms with Gasteiger partial charge < -0.3 is 10.2 Å². The Morgan fingerprint density at radius 2 is 1.78 bits per heavy atom. The van der Waals surface area contributed by atoms with Gasteiger partial charge in [-0.1, -0.05) is 18.2 Å². The summed E-state index contributed by atoms with van der Waals surface area (Å²) in [4.78, 5) is 19.2. The summed E-state index contributed by atoms with van der Waals surface area (Å²) in [5.41, 5.74) is 2.53. The fourth-order valence-electron chi connectivity index (χ4n) is 3.11. The van der Waals surface area contributed by atoms with Gasteiger partial charge in [-0.3, -0.25) is 4.79 Å². The van der Waals surface area contributed by atoms with Crippen molar-refractivity contribution in [3.8, 4) is 0 Å². The first-order chi connectivity index (χ1) is 10.0. The third kappa shape index (κ3) is 4.14. The molecule has 0 spiro atoms. The van der Waals surface area contributed by atoms with Crippen LogP contribution < -0.4 is 5.32 Å². The average Bonchev–Trinajstić information content (AvgIpc) is 2.45. The van der Waals surface area contributed by atoms with Crippen molar-refractivity contribution in [3.63, 3.8) is 0 Å². The van der Waals surface area contributed by atoms with Crippen LogP contribution in [0.2, 0.25) is 0 Å². The molecule has 2 aromatic rings. The molecule has 0 bridgehead atoms. The van der Waals surface area contributed by atoms with Gasteiger partial charge in [-0.05, 0) is 38.5 Å². The minimum absolute atomic E-state index is 0. The lowest BCUT2D eigenvalue weighted by Gasteiger charge is -2.36. The minimum atomic E-state index is 0. The summed E-state index contributed by atoms with van der Waals surface area (Å²) in [7, 11) is 0. The Morgan fingerprint density at radius 3 is 2.43 bits per heavy atom. The molecule has 6 heteroatoms. The predicted molar refractivity (Wildman–Crippen MR) is 98.9 cm³/mol. The lowest BCUT2D eigenvalue weighted by Crippen LogP contribution is -2.55. The third-order valence-electron chi connectivity index (χ3n) is 3.99. The highest BCUT2D eigenvalue weighted by atomic mass is 35.5. The zero-order valence-corrected chi connectivity index (χ0v) is 15.2. The summed E-state index contributed by atoms with van der Waals surface area (Å²) >= 11 is 0. The zero-order chi connectivity index (χ0) is 15.0. The van der Waals surface area contributed by atoms with Gasteiger partial charge in [-0.2, -0.15) is 0 Å². The van der Waals surface area contributed by atoms with Gasteiger partial charge in [0.2, 0.25) is 0 Å². The molecule has 1 aromatic carbocycles. The molecule has 2 heterocycles. The number of aryl methyl sites for hydroxylation is 1. The smallest absolute Gasteiger partial charge is 0.272 e. The maximum atomic E-state index is 12.7. The number of piperazine rings is 1. The molecule has 126 valence electrons. The van der Waals surface area contributed by atoms with E-state index in [0.717, 1.165) is 29.6 Å². The van der Waals surface area contributed by atoms with Gasteiger partial charge in [0.05, 0.1) is 5.52 Å². The van der Waals surface area contributed by atoms with Crippen LogP contribution >= 0.6 is 24.8 Å². The molecular formula is C17H23Cl2N3O. The molecule has 1 fully saturated rings. The number of carbonyl (C=O) groups excluding carboxylic acids is 1. The van der Waals surface area contributed by atoms with Crippen molar-refractivity contribution in [3.05, 3.63) is 41.6 Å². The van der Waals surface area contributed by atoms with Gasteiger partial charge in [0, 0.05) is 30.6 Å². The fourth-order valence-corrected chi connectivity index (χ4v) is 3.11. The lowest BCUT2D eigenvalue weighted by molar-refractivity contribution is 0.0668. The van der Waals surface area contributed by atoms with E-state index >= 15 is 0 Å². The van der Waals surface area contributed by atoms with Gasteiger partial charge in [0.25, 0.3) is 5.91 Å². The summed E-state index contributed by atoms with van der Waals surface area (Å²) in [6, 6.07) is 10.5. The molecule has 3 rings (SSSR count). The van der Waals surface area contributed by atoms with Crippen molar-refractivity contribution in [1.82, 2.24) is 15.2 Å². The average molecular weight is 356 g/mol. The van der Waals surface area contributed by atoms with Crippen LogP contribution in [0.5, 0.6) is 0 Å². The van der Waals surface area contributed by atoms with Gasteiger partial charge in [0.15, 0.2) is 0 Å². The molecule has 2 atom stereocenters. The fraction of sp³-hybridized carbons (Fsp3) is 0.412. The predicted octanol–water partition coefficient (Wildman–Crippen LogP) is 3.21. The van der Waals surface area contributed by atoms with E-state index in [2.05, 4.69) is 24.1 Å². The normalized spacial score (nSPS) is 20.6. The maximum Gasteiger partial charge on any atom is 0.272 e. The van der Waals surface area contributed by atoms with Crippen LogP contribution in [0.15, 0.2) is 30.3 Å². The highest BCUT2D eigenvalue weighted by Crippen LogP contribution is 2.19. The van der Waals surface area contributed by atoms with Crippen molar-refractivity contribution in [1.29, 1.82) is 0 Å². The summed E-state index contributed by atoms with van der Waals surface area (Å²) in [6.45, 7) is 7.71. The second-order valence-corrected chi connectivity index (χ2v) is 6.02. The quantitative estimate of drug-likeness (QED) is 0.854. The van der Waals surface area contributed by atoms with Crippen LogP contribution in [0, 0.1) is 6.92 Å². The zero-order valence-electron chi connectivity index (χ0n) is 13.6. The lowest BCUT2D eigenvalue weighted by atomic mass is 10.1. The number of halogens is 2. The molecule has 0 saturated carbocycles. The van der Waals surface area contributed by atoms with Crippen molar-refractivity contribution in [2.45, 2.75) is 32.9 Å². The largest absolute Gasteiger partial charge is 0.334 e. The van der Waals surface area contributed by atoms with Crippen molar-refractivity contribution >= 4 is 41.6 Å². The van der Waals surface area contributed by atoms with E-state index in [1.165, 1.54) is 0 Å². The number of fused-ring (bicyclic) bond motifs is 1. The Hall–Kier alpha value is -1.36. The summed E-state index contributed by atoms with van der Waals surface area (Å²) in [5.74, 6) is 0.0315. The van der Waals surface area contributed by atoms with Gasteiger partial charge in [-0.25, -0.2) is 4.98 Å². The Kier molecular flexibility index (Phi) is 6.81. The first-order valence-electron chi connectivity index (χ1n) is 7.46. The van der Waals surface area contributed by atoms with Crippen LogP contribution in [0.4, 0.5) is 0 Å². The Bertz CT molecular complexity index is 683. The molecule has 1 aliphatic heterocycles. The van der Waals surface area contributed by atoms with E-state index in [-0.39, 0.29) is 30.7 Å². The molecule has 1 saturated heterocycles. The number of amides is 1. The molecule has 1 N–H and O–H groups in total. The number of para-hydroxylation sites is 1. The number of nitrogens with zero attached hydrogens (tertiary/aromatic N) is 2. The molecular weight excluding hydrogens is 333 g/mol. The highest BCUT2D eigenvalue weighted by Gasteiger charge is 2.26. The molecule has 4 nitrogen and oxygen atoms in total. The highest BCUT2D eigenvalue weighted by molar-refractivity contribution is 5.96. The molecule has 0 aliphatic carbocycles. The van der Waals surface area contributed by atoms with E-state index in [1.54, 1.807) is 0 Å². The summed E-state index contributed by atoms with van der Waals surface area (Å²) in [5, 5.41) is 4.55. The SMILES string of the molecule is Cc1cc(C(=O)N2CC(C)NC(C)C2)nc2ccccc12.Cl.Cl. The number of carbonyl (C=O) groups is 1. The van der Waals surface area contributed by atoms with Crippen LogP contribution in [0.3, 0.4) is 0 Å². The third-order valence-corrected chi connectivity index (χ3v) is 3.99. The van der Waals surface area contributed by atoms with E-state index in [0.29, 0.717) is 17.8 Å². The van der Waals surface area contributed by atoms with E-state index < -0.39 is 0 Å². The molecule has 0 radical (unpaired) electrons. The van der Waals surface area contributed by atoms with Crippen molar-refractivity contribution in [2.24, 2.45) is 0 Å². The topological polar surface area (TPSA) is 45.2 Å². The van der Waals surface area contributed by atoms with Gasteiger partial charge in [-0.15, -0.1) is 24.8 Å². The molecule has 1 aliphatic rings. The van der Waals surface area contributed by atoms with E-state index in [9.17, 15) is 4.79 Å². The van der Waals surface area contributed by atoms with Crippen LogP contribution in [0.25, 0.3) is 10.9 Å². The summed E-state index contributed by atoms with van der Waals surface area (Å²) in [6.07, 6.45) is 0. The van der Waals surface area contributed by atoms with Crippen LogP contribution in [0.1, 0.15) is 29.9 Å². The van der Waals surface area contributed by atoms with E-state index in [1.807, 2.05) is 42.2 Å². The molecule has 1 amide bonds. The minimum Gasteiger partial charge on any atom is -0.334 e. The number of benzene rings is 1. The molecule has 2 unspecified atom stereocenters. The van der Waals surface area contributed by atoms with Gasteiger partial charge >= 0.3 is 0 Å². The molecule has 1 aromatic heterocycles. The van der Waals surface area contributed by atoms with Crippen molar-refractivity contribution < 1.29 is 4.79 Å². The Balaban J connectivity index is 0.00000132. The number of pyridine rings is 1. The Labute approximate surface area is 149 Å². The van der Waals surface area contributed by atoms with Crippen LogP contribution in [-0.2, 0) is 0 Å². The molecule has 23 heavy (non-hydrogen) atoms. The first kappa shape index (κ1) is 19.7.